The lowest BCUT2D eigenvalue weighted by Crippen LogP contribution is -2.62. The summed E-state index contributed by atoms with van der Waals surface area (Å²) in [5.41, 5.74) is 4.13. The van der Waals surface area contributed by atoms with Crippen molar-refractivity contribution >= 4 is 21.8 Å². The summed E-state index contributed by atoms with van der Waals surface area (Å²) in [6, 6.07) is 2.01. The summed E-state index contributed by atoms with van der Waals surface area (Å²) < 4.78 is 4.67. The van der Waals surface area contributed by atoms with Crippen molar-refractivity contribution in [2.45, 2.75) is 52.1 Å². The molecule has 0 saturated carbocycles. The van der Waals surface area contributed by atoms with E-state index in [0.29, 0.717) is 0 Å². The first kappa shape index (κ1) is 15.7. The van der Waals surface area contributed by atoms with Gasteiger partial charge in [-0.2, -0.15) is 0 Å². The normalized spacial score (nSPS) is 13.2. The first-order valence-electron chi connectivity index (χ1n) is 6.70. The van der Waals surface area contributed by atoms with E-state index in [1.54, 1.807) is 0 Å². The Balaban J connectivity index is 3.09. The summed E-state index contributed by atoms with van der Waals surface area (Å²) in [6.07, 6.45) is 0. The van der Waals surface area contributed by atoms with E-state index in [-0.39, 0.29) is 0 Å². The lowest BCUT2D eigenvalue weighted by Gasteiger charge is -2.32. The fourth-order valence-corrected chi connectivity index (χ4v) is 9.94. The Morgan fingerprint density at radius 3 is 1.94 bits per heavy atom. The topological polar surface area (TPSA) is 31.9 Å². The van der Waals surface area contributed by atoms with Crippen molar-refractivity contribution in [1.82, 2.24) is 4.57 Å². The third-order valence-corrected chi connectivity index (χ3v) is 9.46. The van der Waals surface area contributed by atoms with Gasteiger partial charge in [0.15, 0.2) is 8.07 Å². The molecule has 3 nitrogen and oxygen atoms in total. The summed E-state index contributed by atoms with van der Waals surface area (Å²) in [6.45, 7) is 13.0. The second kappa shape index (κ2) is 4.94. The van der Waals surface area contributed by atoms with E-state index in [1.165, 1.54) is 16.8 Å². The zero-order chi connectivity index (χ0) is 14.3. The van der Waals surface area contributed by atoms with Crippen LogP contribution in [0.5, 0.6) is 0 Å². The van der Waals surface area contributed by atoms with Crippen molar-refractivity contribution < 1.29 is 9.36 Å². The number of rotatable bonds is 4. The Bertz CT molecular complexity index is 419. The molecule has 0 bridgehead atoms. The average Bonchev–Trinajstić information content (AvgIpc) is 2.40. The molecule has 0 aromatic carbocycles. The molecule has 18 heavy (non-hydrogen) atoms. The number of imidazole rings is 1. The van der Waals surface area contributed by atoms with Crippen LogP contribution in [0.2, 0.25) is 38.3 Å². The van der Waals surface area contributed by atoms with Crippen LogP contribution in [0.4, 0.5) is 0 Å². The Morgan fingerprint density at radius 2 is 1.61 bits per heavy atom. The molecule has 0 unspecified atom stereocenters. The summed E-state index contributed by atoms with van der Waals surface area (Å²) in [5.74, 6) is 0. The number of nitrogens with zero attached hydrogens (tertiary/aromatic N) is 2. The molecule has 0 atom stereocenters. The van der Waals surface area contributed by atoms with Crippen molar-refractivity contribution in [3.8, 4) is 0 Å². The van der Waals surface area contributed by atoms with Gasteiger partial charge >= 0.3 is 0 Å². The minimum Gasteiger partial charge on any atom is -0.859 e. The third-order valence-electron chi connectivity index (χ3n) is 4.12. The molecular weight excluding hydrogens is 256 g/mol. The number of hydrogen-bond acceptors (Lipinski definition) is 1. The zero-order valence-corrected chi connectivity index (χ0v) is 15.2. The lowest BCUT2D eigenvalue weighted by molar-refractivity contribution is -0.659. The van der Waals surface area contributed by atoms with Crippen molar-refractivity contribution in [2.75, 3.05) is 0 Å². The van der Waals surface area contributed by atoms with E-state index >= 15 is 0 Å². The van der Waals surface area contributed by atoms with Gasteiger partial charge in [-0.1, -0.05) is 46.6 Å². The molecule has 0 fully saturated rings. The van der Waals surface area contributed by atoms with Crippen molar-refractivity contribution in [3.05, 3.63) is 11.4 Å². The second-order valence-electron chi connectivity index (χ2n) is 6.76. The molecule has 0 N–H and O–H groups in total. The van der Waals surface area contributed by atoms with Crippen molar-refractivity contribution in [2.24, 2.45) is 14.1 Å². The molecule has 1 aromatic heterocycles. The Hall–Kier alpha value is -0.396. The number of hydrogen-bond donors (Lipinski definition) is 0. The first-order valence-corrected chi connectivity index (χ1v) is 13.0. The molecule has 0 aliphatic carbocycles. The minimum absolute atomic E-state index is 0.898. The largest absolute Gasteiger partial charge is 0.859 e. The van der Waals surface area contributed by atoms with Crippen LogP contribution >= 0.6 is 0 Å². The van der Waals surface area contributed by atoms with Crippen LogP contribution < -0.4 is 14.8 Å². The van der Waals surface area contributed by atoms with Crippen LogP contribution in [0.1, 0.15) is 11.4 Å². The highest BCUT2D eigenvalue weighted by molar-refractivity contribution is 6.89. The average molecular weight is 285 g/mol. The quantitative estimate of drug-likeness (QED) is 0.598. The summed E-state index contributed by atoms with van der Waals surface area (Å²) in [5, 5.41) is 0. The van der Waals surface area contributed by atoms with Gasteiger partial charge < -0.3 is 4.80 Å². The van der Waals surface area contributed by atoms with Crippen LogP contribution in [0.15, 0.2) is 0 Å². The van der Waals surface area contributed by atoms with E-state index in [4.69, 9.17) is 0 Å². The van der Waals surface area contributed by atoms with Gasteiger partial charge in [-0.3, -0.25) is 0 Å². The first-order chi connectivity index (χ1) is 7.97. The lowest BCUT2D eigenvalue weighted by atomic mass is 10.4. The Kier molecular flexibility index (Phi) is 4.30. The molecule has 1 heterocycles. The van der Waals surface area contributed by atoms with Gasteiger partial charge in [0.05, 0.1) is 14.1 Å². The van der Waals surface area contributed by atoms with E-state index < -0.39 is 16.4 Å². The maximum Gasteiger partial charge on any atom is 0.221 e. The number of aromatic nitrogens is 2. The summed E-state index contributed by atoms with van der Waals surface area (Å²) in [7, 11) is 0.614. The molecule has 1 rings (SSSR count). The maximum atomic E-state index is 12.0. The molecule has 0 saturated heterocycles. The molecule has 0 amide bonds. The molecule has 0 aliphatic rings. The molecular formula is C13H28N2OSi2. The summed E-state index contributed by atoms with van der Waals surface area (Å²) in [4.78, 5) is 12.0. The smallest absolute Gasteiger partial charge is 0.221 e. The van der Waals surface area contributed by atoms with Crippen LogP contribution in [0.25, 0.3) is 0 Å². The predicted molar refractivity (Wildman–Crippen MR) is 80.3 cm³/mol. The standard InChI is InChI=1S/C13H28N2OSi2/c1-11-12(2)15(4)13(14(11)3)17(5,6)9-10-18(7,8)16/h9-10H2,1-8H3. The molecule has 0 spiro atoms. The van der Waals surface area contributed by atoms with Gasteiger partial charge in [0.1, 0.15) is 11.4 Å². The Morgan fingerprint density at radius 1 is 1.11 bits per heavy atom. The molecule has 0 radical (unpaired) electrons. The van der Waals surface area contributed by atoms with E-state index in [9.17, 15) is 4.80 Å². The minimum atomic E-state index is -2.18. The SMILES string of the molecule is Cc1c(C)[n+](C)c([Si](C)(C)CC[Si](C)(C)[O-])n1C. The zero-order valence-electron chi connectivity index (χ0n) is 13.2. The molecule has 5 heteroatoms. The molecule has 104 valence electrons. The molecule has 0 aliphatic heterocycles. The van der Waals surface area contributed by atoms with Crippen LogP contribution in [0, 0.1) is 13.8 Å². The fourth-order valence-electron chi connectivity index (χ4n) is 2.66. The maximum absolute atomic E-state index is 12.0. The highest BCUT2D eigenvalue weighted by Crippen LogP contribution is 2.17. The van der Waals surface area contributed by atoms with E-state index in [0.717, 1.165) is 12.1 Å². The van der Waals surface area contributed by atoms with Gasteiger partial charge in [-0.05, 0) is 0 Å². The van der Waals surface area contributed by atoms with Gasteiger partial charge in [-0.25, -0.2) is 9.13 Å². The van der Waals surface area contributed by atoms with Crippen LogP contribution in [-0.2, 0) is 14.1 Å². The van der Waals surface area contributed by atoms with E-state index in [2.05, 4.69) is 50.2 Å². The fraction of sp³-hybridized carbons (Fsp3) is 0.769. The Labute approximate surface area is 114 Å². The van der Waals surface area contributed by atoms with Gasteiger partial charge in [0.25, 0.3) is 0 Å². The summed E-state index contributed by atoms with van der Waals surface area (Å²) >= 11 is 0. The van der Waals surface area contributed by atoms with E-state index in [1.807, 2.05) is 13.1 Å². The van der Waals surface area contributed by atoms with Crippen LogP contribution in [-0.4, -0.2) is 21.0 Å². The third kappa shape index (κ3) is 3.13. The predicted octanol–water partition coefficient (Wildman–Crippen LogP) is 0.947. The highest BCUT2D eigenvalue weighted by Gasteiger charge is 2.37. The van der Waals surface area contributed by atoms with Gasteiger partial charge in [0, 0.05) is 13.8 Å². The monoisotopic (exact) mass is 284 g/mol. The van der Waals surface area contributed by atoms with Crippen LogP contribution in [0.3, 0.4) is 0 Å². The second-order valence-corrected chi connectivity index (χ2v) is 15.5. The van der Waals surface area contributed by atoms with Crippen molar-refractivity contribution in [3.63, 3.8) is 0 Å². The van der Waals surface area contributed by atoms with Gasteiger partial charge in [-0.15, -0.1) is 0 Å². The highest BCUT2D eigenvalue weighted by atomic mass is 28.4. The molecule has 1 aromatic rings. The van der Waals surface area contributed by atoms with Gasteiger partial charge in [0.2, 0.25) is 5.45 Å². The van der Waals surface area contributed by atoms with Crippen molar-refractivity contribution in [1.29, 1.82) is 0 Å².